The van der Waals surface area contributed by atoms with Crippen molar-refractivity contribution in [1.29, 1.82) is 0 Å². The van der Waals surface area contributed by atoms with Gasteiger partial charge in [-0.1, -0.05) is 35.9 Å². The third-order valence-electron chi connectivity index (χ3n) is 4.97. The van der Waals surface area contributed by atoms with Gasteiger partial charge in [0.15, 0.2) is 0 Å². The zero-order valence-electron chi connectivity index (χ0n) is 16.7. The van der Waals surface area contributed by atoms with E-state index in [4.69, 9.17) is 0 Å². The van der Waals surface area contributed by atoms with Crippen LogP contribution in [0.3, 0.4) is 0 Å². The average molecular weight is 440 g/mol. The number of rotatable bonds is 4. The Bertz CT molecular complexity index is 1230. The van der Waals surface area contributed by atoms with Gasteiger partial charge in [-0.25, -0.2) is 9.29 Å². The molecule has 3 aromatic carbocycles. The molecular weight excluding hydrogens is 424 g/mol. The summed E-state index contributed by atoms with van der Waals surface area (Å²) < 4.78 is 52.8. The SMILES string of the molecule is Cc1ccc(C2=C(Nc3ccc(F)cc3)C(=O)N(c3cccc(C(F)(F)F)c3)C2=O)cc1. The van der Waals surface area contributed by atoms with Crippen molar-refractivity contribution >= 4 is 28.8 Å². The highest BCUT2D eigenvalue weighted by atomic mass is 19.4. The Hall–Kier alpha value is -3.94. The highest BCUT2D eigenvalue weighted by Crippen LogP contribution is 2.36. The first-order valence-corrected chi connectivity index (χ1v) is 9.55. The summed E-state index contributed by atoms with van der Waals surface area (Å²) in [6.45, 7) is 1.85. The standard InChI is InChI=1S/C24H16F4N2O2/c1-14-5-7-15(8-6-14)20-21(29-18-11-9-17(25)10-12-18)23(32)30(22(20)31)19-4-2-3-16(13-19)24(26,27)28/h2-13,29H,1H3. The molecule has 0 bridgehead atoms. The minimum atomic E-state index is -4.63. The Morgan fingerprint density at radius 2 is 1.50 bits per heavy atom. The van der Waals surface area contributed by atoms with Crippen LogP contribution in [0.5, 0.6) is 0 Å². The van der Waals surface area contributed by atoms with Gasteiger partial charge in [0.2, 0.25) is 0 Å². The highest BCUT2D eigenvalue weighted by molar-refractivity contribution is 6.46. The second-order valence-electron chi connectivity index (χ2n) is 7.24. The molecule has 1 N–H and O–H groups in total. The third kappa shape index (κ3) is 3.99. The summed E-state index contributed by atoms with van der Waals surface area (Å²) in [5, 5.41) is 2.83. The van der Waals surface area contributed by atoms with Crippen LogP contribution in [0.25, 0.3) is 5.57 Å². The molecule has 0 atom stereocenters. The molecule has 1 aliphatic rings. The van der Waals surface area contributed by atoms with Gasteiger partial charge < -0.3 is 5.32 Å². The molecular formula is C24H16F4N2O2. The average Bonchev–Trinajstić information content (AvgIpc) is 2.99. The van der Waals surface area contributed by atoms with Crippen LogP contribution >= 0.6 is 0 Å². The minimum Gasteiger partial charge on any atom is -0.350 e. The van der Waals surface area contributed by atoms with Crippen molar-refractivity contribution in [2.75, 3.05) is 10.2 Å². The molecule has 4 nitrogen and oxygen atoms in total. The van der Waals surface area contributed by atoms with Gasteiger partial charge in [0.05, 0.1) is 16.8 Å². The number of benzene rings is 3. The van der Waals surface area contributed by atoms with E-state index >= 15 is 0 Å². The van der Waals surface area contributed by atoms with Crippen LogP contribution in [0.4, 0.5) is 28.9 Å². The maximum Gasteiger partial charge on any atom is 0.416 e. The lowest BCUT2D eigenvalue weighted by Gasteiger charge is -2.17. The molecule has 2 amide bonds. The van der Waals surface area contributed by atoms with Gasteiger partial charge in [-0.15, -0.1) is 0 Å². The summed E-state index contributed by atoms with van der Waals surface area (Å²) in [7, 11) is 0. The third-order valence-corrected chi connectivity index (χ3v) is 4.97. The number of imide groups is 1. The van der Waals surface area contributed by atoms with Crippen molar-refractivity contribution in [2.24, 2.45) is 0 Å². The van der Waals surface area contributed by atoms with Gasteiger partial charge in [0, 0.05) is 5.69 Å². The molecule has 32 heavy (non-hydrogen) atoms. The summed E-state index contributed by atoms with van der Waals surface area (Å²) in [5.41, 5.74) is 0.419. The maximum absolute atomic E-state index is 13.3. The molecule has 1 heterocycles. The van der Waals surface area contributed by atoms with E-state index in [2.05, 4.69) is 5.32 Å². The zero-order valence-corrected chi connectivity index (χ0v) is 16.7. The summed E-state index contributed by atoms with van der Waals surface area (Å²) in [5.74, 6) is -2.06. The van der Waals surface area contributed by atoms with Crippen molar-refractivity contribution in [3.63, 3.8) is 0 Å². The fraction of sp³-hybridized carbons (Fsp3) is 0.0833. The highest BCUT2D eigenvalue weighted by Gasteiger charge is 2.41. The number of hydrogen-bond donors (Lipinski definition) is 1. The summed E-state index contributed by atoms with van der Waals surface area (Å²) in [6.07, 6.45) is -4.63. The van der Waals surface area contributed by atoms with Crippen molar-refractivity contribution in [3.05, 3.63) is 101 Å². The number of amides is 2. The first-order chi connectivity index (χ1) is 15.1. The zero-order chi connectivity index (χ0) is 23.0. The number of halogens is 4. The van der Waals surface area contributed by atoms with E-state index in [-0.39, 0.29) is 17.0 Å². The second-order valence-corrected chi connectivity index (χ2v) is 7.24. The van der Waals surface area contributed by atoms with Crippen LogP contribution in [-0.2, 0) is 15.8 Å². The van der Waals surface area contributed by atoms with Crippen molar-refractivity contribution in [3.8, 4) is 0 Å². The molecule has 8 heteroatoms. The second kappa shape index (κ2) is 7.96. The van der Waals surface area contributed by atoms with Crippen molar-refractivity contribution < 1.29 is 27.2 Å². The number of carbonyl (C=O) groups is 2. The number of alkyl halides is 3. The van der Waals surface area contributed by atoms with E-state index in [0.29, 0.717) is 16.2 Å². The van der Waals surface area contributed by atoms with Crippen LogP contribution in [-0.4, -0.2) is 11.8 Å². The van der Waals surface area contributed by atoms with E-state index in [1.807, 2.05) is 6.92 Å². The first kappa shape index (κ1) is 21.3. The minimum absolute atomic E-state index is 0.0109. The monoisotopic (exact) mass is 440 g/mol. The lowest BCUT2D eigenvalue weighted by atomic mass is 10.0. The predicted molar refractivity (Wildman–Crippen MR) is 112 cm³/mol. The van der Waals surface area contributed by atoms with E-state index < -0.39 is 29.4 Å². The van der Waals surface area contributed by atoms with Crippen LogP contribution < -0.4 is 10.2 Å². The summed E-state index contributed by atoms with van der Waals surface area (Å²) in [4.78, 5) is 27.2. The smallest absolute Gasteiger partial charge is 0.350 e. The molecule has 1 aliphatic heterocycles. The molecule has 0 aromatic heterocycles. The molecule has 162 valence electrons. The van der Waals surface area contributed by atoms with E-state index in [9.17, 15) is 27.2 Å². The van der Waals surface area contributed by atoms with Crippen molar-refractivity contribution in [2.45, 2.75) is 13.1 Å². The molecule has 3 aromatic rings. The van der Waals surface area contributed by atoms with Gasteiger partial charge >= 0.3 is 6.18 Å². The molecule has 0 fully saturated rings. The summed E-state index contributed by atoms with van der Waals surface area (Å²) in [6, 6.07) is 16.0. The lowest BCUT2D eigenvalue weighted by molar-refractivity contribution is -0.137. The van der Waals surface area contributed by atoms with Gasteiger partial charge in [-0.05, 0) is 55.0 Å². The Morgan fingerprint density at radius 3 is 2.12 bits per heavy atom. The number of aryl methyl sites for hydroxylation is 1. The number of nitrogens with one attached hydrogen (secondary N) is 1. The van der Waals surface area contributed by atoms with Crippen LogP contribution in [0.15, 0.2) is 78.5 Å². The first-order valence-electron chi connectivity index (χ1n) is 9.55. The van der Waals surface area contributed by atoms with Gasteiger partial charge in [0.25, 0.3) is 11.8 Å². The number of carbonyl (C=O) groups excluding carboxylic acids is 2. The number of anilines is 2. The topological polar surface area (TPSA) is 49.4 Å². The van der Waals surface area contributed by atoms with E-state index in [1.165, 1.54) is 30.3 Å². The summed E-state index contributed by atoms with van der Waals surface area (Å²) >= 11 is 0. The van der Waals surface area contributed by atoms with Crippen molar-refractivity contribution in [1.82, 2.24) is 0 Å². The Balaban J connectivity index is 1.81. The van der Waals surface area contributed by atoms with E-state index in [1.54, 1.807) is 24.3 Å². The quantitative estimate of drug-likeness (QED) is 0.428. The van der Waals surface area contributed by atoms with E-state index in [0.717, 1.165) is 23.8 Å². The molecule has 4 rings (SSSR count). The van der Waals surface area contributed by atoms with Crippen LogP contribution in [0.2, 0.25) is 0 Å². The van der Waals surface area contributed by atoms with Crippen LogP contribution in [0, 0.1) is 12.7 Å². The maximum atomic E-state index is 13.3. The Kier molecular flexibility index (Phi) is 5.30. The van der Waals surface area contributed by atoms with Gasteiger partial charge in [-0.2, -0.15) is 13.2 Å². The fourth-order valence-corrected chi connectivity index (χ4v) is 3.37. The Morgan fingerprint density at radius 1 is 0.844 bits per heavy atom. The molecule has 0 saturated carbocycles. The Labute approximate surface area is 180 Å². The normalized spacial score (nSPS) is 14.3. The number of nitrogens with zero attached hydrogens (tertiary/aromatic N) is 1. The molecule has 0 unspecified atom stereocenters. The predicted octanol–water partition coefficient (Wildman–Crippen LogP) is 5.55. The van der Waals surface area contributed by atoms with Gasteiger partial charge in [0.1, 0.15) is 11.5 Å². The molecule has 0 saturated heterocycles. The lowest BCUT2D eigenvalue weighted by Crippen LogP contribution is -2.32. The molecule has 0 aliphatic carbocycles. The number of hydrogen-bond acceptors (Lipinski definition) is 3. The van der Waals surface area contributed by atoms with Crippen LogP contribution in [0.1, 0.15) is 16.7 Å². The fourth-order valence-electron chi connectivity index (χ4n) is 3.37. The molecule has 0 radical (unpaired) electrons. The van der Waals surface area contributed by atoms with Gasteiger partial charge in [-0.3, -0.25) is 9.59 Å². The largest absolute Gasteiger partial charge is 0.416 e. The molecule has 0 spiro atoms.